The van der Waals surface area contributed by atoms with Gasteiger partial charge in [-0.3, -0.25) is 4.90 Å². The number of carboxylic acids is 1. The average Bonchev–Trinajstić information content (AvgIpc) is 3.52. The summed E-state index contributed by atoms with van der Waals surface area (Å²) in [5, 5.41) is 19.7. The molecule has 9 heteroatoms. The number of aromatic nitrogens is 1. The van der Waals surface area contributed by atoms with Gasteiger partial charge in [0.25, 0.3) is 0 Å². The summed E-state index contributed by atoms with van der Waals surface area (Å²) in [4.78, 5) is 18.7. The maximum absolute atomic E-state index is 11.5. The molecule has 41 heavy (non-hydrogen) atoms. The summed E-state index contributed by atoms with van der Waals surface area (Å²) in [6.07, 6.45) is 2.88. The van der Waals surface area contributed by atoms with Gasteiger partial charge in [-0.05, 0) is 72.7 Å². The number of nitrogens with zero attached hydrogens (tertiary/aromatic N) is 2. The second kappa shape index (κ2) is 12.5. The fraction of sp³-hybridized carbons (Fsp3) is 0.344. The number of rotatable bonds is 10. The molecule has 0 bridgehead atoms. The van der Waals surface area contributed by atoms with Crippen molar-refractivity contribution in [1.29, 1.82) is 5.41 Å². The average molecular weight is 557 g/mol. The first-order chi connectivity index (χ1) is 19.9. The number of anilines is 1. The van der Waals surface area contributed by atoms with Gasteiger partial charge in [0, 0.05) is 37.5 Å². The van der Waals surface area contributed by atoms with Gasteiger partial charge in [-0.2, -0.15) is 0 Å². The van der Waals surface area contributed by atoms with Crippen LogP contribution in [0.3, 0.4) is 0 Å². The maximum Gasteiger partial charge on any atom is 0.342 e. The van der Waals surface area contributed by atoms with Gasteiger partial charge in [0.15, 0.2) is 0 Å². The molecule has 1 aromatic heterocycles. The minimum atomic E-state index is -1.27. The van der Waals surface area contributed by atoms with E-state index < -0.39 is 5.97 Å². The Balaban J connectivity index is 1.36. The third-order valence-corrected chi connectivity index (χ3v) is 7.93. The summed E-state index contributed by atoms with van der Waals surface area (Å²) in [5.74, 6) is -0.209. The highest BCUT2D eigenvalue weighted by Crippen LogP contribution is 2.34. The molecular formula is C32H36N4O5. The highest BCUT2D eigenvalue weighted by atomic mass is 16.5. The lowest BCUT2D eigenvalue weighted by atomic mass is 9.91. The predicted octanol–water partition coefficient (Wildman–Crippen LogP) is 5.10. The Hall–Kier alpha value is -4.21. The first kappa shape index (κ1) is 28.3. The number of benzene rings is 2. The number of ether oxygens (including phenoxy) is 3. The van der Waals surface area contributed by atoms with E-state index in [0.717, 1.165) is 62.2 Å². The summed E-state index contributed by atoms with van der Waals surface area (Å²) in [6, 6.07) is 16.3. The maximum atomic E-state index is 11.5. The van der Waals surface area contributed by atoms with E-state index in [4.69, 9.17) is 24.6 Å². The van der Waals surface area contributed by atoms with Gasteiger partial charge in [0.1, 0.15) is 23.7 Å². The van der Waals surface area contributed by atoms with Crippen molar-refractivity contribution in [2.24, 2.45) is 0 Å². The number of aliphatic carboxylic acids is 1. The number of carboxylic acid groups (broad SMARTS) is 1. The minimum absolute atomic E-state index is 0.0690. The molecule has 5 rings (SSSR count). The van der Waals surface area contributed by atoms with E-state index in [-0.39, 0.29) is 11.5 Å². The Kier molecular flexibility index (Phi) is 8.66. The third kappa shape index (κ3) is 6.11. The van der Waals surface area contributed by atoms with Crippen LogP contribution in [0.5, 0.6) is 5.75 Å². The summed E-state index contributed by atoms with van der Waals surface area (Å²) >= 11 is 0. The van der Waals surface area contributed by atoms with Gasteiger partial charge in [0.05, 0.1) is 19.4 Å². The number of fused-ring (bicyclic) bond motifs is 1. The monoisotopic (exact) mass is 556 g/mol. The van der Waals surface area contributed by atoms with Crippen LogP contribution in [-0.2, 0) is 33.8 Å². The third-order valence-electron chi connectivity index (χ3n) is 7.93. The van der Waals surface area contributed by atoms with Crippen LogP contribution in [0.15, 0.2) is 60.0 Å². The fourth-order valence-electron chi connectivity index (χ4n) is 5.61. The molecule has 3 N–H and O–H groups in total. The summed E-state index contributed by atoms with van der Waals surface area (Å²) in [6.45, 7) is 8.37. The second-order valence-electron chi connectivity index (χ2n) is 10.4. The molecular weight excluding hydrogens is 520 g/mol. The lowest BCUT2D eigenvalue weighted by molar-refractivity contribution is -0.132. The molecule has 0 spiro atoms. The number of pyridine rings is 1. The zero-order chi connectivity index (χ0) is 28.9. The zero-order valence-corrected chi connectivity index (χ0v) is 23.7. The van der Waals surface area contributed by atoms with Gasteiger partial charge < -0.3 is 30.0 Å². The highest BCUT2D eigenvalue weighted by molar-refractivity contribution is 6.08. The van der Waals surface area contributed by atoms with Crippen LogP contribution < -0.4 is 10.1 Å². The number of hydrogen-bond acceptors (Lipinski definition) is 8. The number of hydrogen-bond donors (Lipinski definition) is 3. The molecule has 1 fully saturated rings. The van der Waals surface area contributed by atoms with Crippen molar-refractivity contribution < 1.29 is 24.1 Å². The standard InChI is InChI=1S/C32H36N4O5/c1-20-6-4-7-26(28-8-5-9-29(34-28)35-31(39-3)27(16-33)32(37)38)30(20)41-18-23-11-10-22-17-36(24-13-15-40-19-24)14-12-25(22)21(23)2/h4-11,16,24,33H,12-15,17-19H2,1-3H3,(H,34,35)(H,37,38)/b31-27-,33-16?. The van der Waals surface area contributed by atoms with Crippen LogP contribution in [0.4, 0.5) is 5.82 Å². The molecule has 2 aliphatic rings. The topological polar surface area (TPSA) is 117 Å². The highest BCUT2D eigenvalue weighted by Gasteiger charge is 2.27. The van der Waals surface area contributed by atoms with E-state index in [1.807, 2.05) is 37.3 Å². The Morgan fingerprint density at radius 3 is 2.78 bits per heavy atom. The van der Waals surface area contributed by atoms with Gasteiger partial charge >= 0.3 is 5.97 Å². The number of methoxy groups -OCH3 is 1. The minimum Gasteiger partial charge on any atom is -0.488 e. The molecule has 0 amide bonds. The molecule has 2 aliphatic heterocycles. The molecule has 3 aromatic rings. The predicted molar refractivity (Wildman–Crippen MR) is 157 cm³/mol. The molecule has 0 aliphatic carbocycles. The van der Waals surface area contributed by atoms with Gasteiger partial charge in [0.2, 0.25) is 5.88 Å². The second-order valence-corrected chi connectivity index (χ2v) is 10.4. The number of nitrogens with one attached hydrogen (secondary N) is 2. The van der Waals surface area contributed by atoms with Crippen LogP contribution in [0.25, 0.3) is 11.3 Å². The molecule has 2 aromatic carbocycles. The Labute approximate surface area is 240 Å². The fourth-order valence-corrected chi connectivity index (χ4v) is 5.61. The number of aryl methyl sites for hydroxylation is 1. The van der Waals surface area contributed by atoms with Crippen molar-refractivity contribution >= 4 is 18.0 Å². The van der Waals surface area contributed by atoms with Crippen LogP contribution in [0, 0.1) is 19.3 Å². The van der Waals surface area contributed by atoms with Crippen LogP contribution in [0.1, 0.15) is 34.2 Å². The van der Waals surface area contributed by atoms with E-state index in [9.17, 15) is 9.90 Å². The first-order valence-electron chi connectivity index (χ1n) is 13.8. The Bertz CT molecular complexity index is 1480. The normalized spacial score (nSPS) is 17.4. The molecule has 1 unspecified atom stereocenters. The summed E-state index contributed by atoms with van der Waals surface area (Å²) in [7, 11) is 1.34. The smallest absolute Gasteiger partial charge is 0.342 e. The van der Waals surface area contributed by atoms with E-state index in [1.54, 1.807) is 6.07 Å². The first-order valence-corrected chi connectivity index (χ1v) is 13.8. The zero-order valence-electron chi connectivity index (χ0n) is 23.7. The lowest BCUT2D eigenvalue weighted by Crippen LogP contribution is -2.39. The number of carbonyl (C=O) groups is 1. The van der Waals surface area contributed by atoms with Gasteiger partial charge in [-0.1, -0.05) is 30.3 Å². The molecule has 0 saturated carbocycles. The van der Waals surface area contributed by atoms with E-state index >= 15 is 0 Å². The van der Waals surface area contributed by atoms with Crippen molar-refractivity contribution in [1.82, 2.24) is 9.88 Å². The quantitative estimate of drug-likeness (QED) is 0.180. The van der Waals surface area contributed by atoms with Crippen molar-refractivity contribution in [3.05, 3.63) is 87.8 Å². The molecule has 214 valence electrons. The van der Waals surface area contributed by atoms with Crippen molar-refractivity contribution in [3.63, 3.8) is 0 Å². The van der Waals surface area contributed by atoms with E-state index in [1.165, 1.54) is 29.4 Å². The molecule has 9 nitrogen and oxygen atoms in total. The van der Waals surface area contributed by atoms with Crippen molar-refractivity contribution in [2.45, 2.75) is 45.9 Å². The van der Waals surface area contributed by atoms with Gasteiger partial charge in [-0.15, -0.1) is 0 Å². The van der Waals surface area contributed by atoms with Crippen LogP contribution >= 0.6 is 0 Å². The van der Waals surface area contributed by atoms with Crippen molar-refractivity contribution in [2.75, 3.05) is 32.2 Å². The number of para-hydroxylation sites is 1. The lowest BCUT2D eigenvalue weighted by Gasteiger charge is -2.34. The summed E-state index contributed by atoms with van der Waals surface area (Å²) < 4.78 is 17.3. The van der Waals surface area contributed by atoms with Gasteiger partial charge in [-0.25, -0.2) is 9.78 Å². The molecule has 0 radical (unpaired) electrons. The summed E-state index contributed by atoms with van der Waals surface area (Å²) in [5.41, 5.74) is 7.46. The Morgan fingerprint density at radius 1 is 1.22 bits per heavy atom. The van der Waals surface area contributed by atoms with E-state index in [2.05, 4.69) is 29.3 Å². The van der Waals surface area contributed by atoms with Crippen LogP contribution in [0.2, 0.25) is 0 Å². The van der Waals surface area contributed by atoms with Crippen molar-refractivity contribution in [3.8, 4) is 17.0 Å². The molecule has 3 heterocycles. The Morgan fingerprint density at radius 2 is 2.05 bits per heavy atom. The largest absolute Gasteiger partial charge is 0.488 e. The molecule has 1 saturated heterocycles. The SMILES string of the molecule is CO/C(Nc1cccc(-c2cccc(C)c2OCc2ccc3c(c2C)CCN(C2CCOC2)C3)n1)=C(/C=N)C(=O)O. The van der Waals surface area contributed by atoms with E-state index in [0.29, 0.717) is 24.2 Å². The van der Waals surface area contributed by atoms with Crippen LogP contribution in [-0.4, -0.2) is 60.1 Å². The molecule has 1 atom stereocenters.